The van der Waals surface area contributed by atoms with Crippen molar-refractivity contribution in [1.82, 2.24) is 4.98 Å². The van der Waals surface area contributed by atoms with Crippen LogP contribution in [0.4, 0.5) is 0 Å². The fourth-order valence-corrected chi connectivity index (χ4v) is 1.61. The Balaban J connectivity index is 2.59. The largest absolute Gasteiger partial charge is 0.298 e. The van der Waals surface area contributed by atoms with Crippen molar-refractivity contribution >= 4 is 17.9 Å². The molecule has 0 aliphatic rings. The lowest BCUT2D eigenvalue weighted by Crippen LogP contribution is -1.89. The molecule has 3 heteroatoms. The molecule has 0 radical (unpaired) electrons. The molecule has 15 heavy (non-hydrogen) atoms. The quantitative estimate of drug-likeness (QED) is 0.723. The van der Waals surface area contributed by atoms with Crippen molar-refractivity contribution in [3.05, 3.63) is 53.2 Å². The number of aromatic nitrogens is 1. The summed E-state index contributed by atoms with van der Waals surface area (Å²) in [4.78, 5) is 14.9. The molecule has 0 spiro atoms. The van der Waals surface area contributed by atoms with E-state index in [1.54, 1.807) is 12.3 Å². The summed E-state index contributed by atoms with van der Waals surface area (Å²) in [6, 6.07) is 11.1. The van der Waals surface area contributed by atoms with Gasteiger partial charge in [0, 0.05) is 17.3 Å². The molecule has 0 saturated carbocycles. The molecule has 1 aromatic carbocycles. The number of pyridine rings is 1. The lowest BCUT2D eigenvalue weighted by molar-refractivity contribution is 0.112. The topological polar surface area (TPSA) is 30.0 Å². The number of hydrogen-bond donors (Lipinski definition) is 0. The number of hydrogen-bond acceptors (Lipinski definition) is 2. The first-order chi connectivity index (χ1) is 7.33. The number of carbonyl (C=O) groups is 1. The maximum absolute atomic E-state index is 10.7. The number of halogens is 1. The van der Waals surface area contributed by atoms with E-state index in [0.717, 1.165) is 11.8 Å². The third-order valence-corrected chi connectivity index (χ3v) is 2.49. The second-order valence-corrected chi connectivity index (χ2v) is 3.42. The van der Waals surface area contributed by atoms with Crippen LogP contribution >= 0.6 is 11.6 Å². The van der Waals surface area contributed by atoms with Gasteiger partial charge in [0.05, 0.1) is 10.7 Å². The van der Waals surface area contributed by atoms with Crippen LogP contribution in [0, 0.1) is 0 Å². The van der Waals surface area contributed by atoms with Gasteiger partial charge in [-0.05, 0) is 6.07 Å². The maximum Gasteiger partial charge on any atom is 0.151 e. The van der Waals surface area contributed by atoms with Gasteiger partial charge in [0.2, 0.25) is 0 Å². The Labute approximate surface area is 92.5 Å². The van der Waals surface area contributed by atoms with Crippen molar-refractivity contribution in [2.45, 2.75) is 0 Å². The molecule has 74 valence electrons. The summed E-state index contributed by atoms with van der Waals surface area (Å²) in [5, 5.41) is 0.402. The van der Waals surface area contributed by atoms with Crippen LogP contribution < -0.4 is 0 Å². The molecule has 0 aliphatic heterocycles. The molecular weight excluding hydrogens is 210 g/mol. The molecule has 0 amide bonds. The lowest BCUT2D eigenvalue weighted by atomic mass is 10.1. The minimum Gasteiger partial charge on any atom is -0.298 e. The van der Waals surface area contributed by atoms with Gasteiger partial charge in [-0.3, -0.25) is 9.78 Å². The molecular formula is C12H8ClNO. The first kappa shape index (κ1) is 9.87. The Bertz CT molecular complexity index is 482. The van der Waals surface area contributed by atoms with Gasteiger partial charge >= 0.3 is 0 Å². The molecule has 0 aliphatic carbocycles. The van der Waals surface area contributed by atoms with Crippen molar-refractivity contribution in [3.63, 3.8) is 0 Å². The van der Waals surface area contributed by atoms with Crippen molar-refractivity contribution in [2.24, 2.45) is 0 Å². The highest BCUT2D eigenvalue weighted by atomic mass is 35.5. The van der Waals surface area contributed by atoms with Crippen LogP contribution in [-0.4, -0.2) is 11.3 Å². The van der Waals surface area contributed by atoms with Gasteiger partial charge in [-0.25, -0.2) is 0 Å². The summed E-state index contributed by atoms with van der Waals surface area (Å²) >= 11 is 6.05. The zero-order chi connectivity index (χ0) is 10.7. The van der Waals surface area contributed by atoms with Gasteiger partial charge in [-0.2, -0.15) is 0 Å². The highest BCUT2D eigenvalue weighted by Gasteiger charge is 2.07. The fourth-order valence-electron chi connectivity index (χ4n) is 1.35. The van der Waals surface area contributed by atoms with Gasteiger partial charge in [0.15, 0.2) is 6.29 Å². The van der Waals surface area contributed by atoms with E-state index < -0.39 is 0 Å². The molecule has 2 rings (SSSR count). The van der Waals surface area contributed by atoms with Gasteiger partial charge in [-0.15, -0.1) is 0 Å². The average molecular weight is 218 g/mol. The third-order valence-electron chi connectivity index (χ3n) is 2.09. The Kier molecular flexibility index (Phi) is 2.79. The molecule has 0 fully saturated rings. The zero-order valence-electron chi connectivity index (χ0n) is 7.85. The van der Waals surface area contributed by atoms with Crippen LogP contribution in [0.5, 0.6) is 0 Å². The first-order valence-corrected chi connectivity index (χ1v) is 4.86. The second kappa shape index (κ2) is 4.24. The Morgan fingerprint density at radius 1 is 1.13 bits per heavy atom. The zero-order valence-corrected chi connectivity index (χ0v) is 8.61. The molecule has 2 aromatic rings. The van der Waals surface area contributed by atoms with Gasteiger partial charge in [-0.1, -0.05) is 41.9 Å². The molecule has 0 N–H and O–H groups in total. The van der Waals surface area contributed by atoms with Gasteiger partial charge in [0.25, 0.3) is 0 Å². The van der Waals surface area contributed by atoms with Crippen molar-refractivity contribution in [3.8, 4) is 11.3 Å². The van der Waals surface area contributed by atoms with Gasteiger partial charge < -0.3 is 0 Å². The molecule has 0 atom stereocenters. The van der Waals surface area contributed by atoms with Crippen LogP contribution in [-0.2, 0) is 0 Å². The van der Waals surface area contributed by atoms with Crippen LogP contribution in [0.3, 0.4) is 0 Å². The Hall–Kier alpha value is -1.67. The summed E-state index contributed by atoms with van der Waals surface area (Å²) < 4.78 is 0. The summed E-state index contributed by atoms with van der Waals surface area (Å²) in [7, 11) is 0. The monoisotopic (exact) mass is 217 g/mol. The maximum atomic E-state index is 10.7. The normalized spacial score (nSPS) is 9.93. The first-order valence-electron chi connectivity index (χ1n) is 4.48. The van der Waals surface area contributed by atoms with Crippen LogP contribution in [0.2, 0.25) is 5.02 Å². The second-order valence-electron chi connectivity index (χ2n) is 3.05. The van der Waals surface area contributed by atoms with Crippen LogP contribution in [0.15, 0.2) is 42.6 Å². The van der Waals surface area contributed by atoms with E-state index in [1.165, 1.54) is 0 Å². The highest BCUT2D eigenvalue weighted by Crippen LogP contribution is 2.27. The highest BCUT2D eigenvalue weighted by molar-refractivity contribution is 6.35. The SMILES string of the molecule is O=Cc1ccnc(-c2ccccc2)c1Cl. The standard InChI is InChI=1S/C12H8ClNO/c13-11-10(8-15)6-7-14-12(11)9-4-2-1-3-5-9/h1-8H. The predicted molar refractivity (Wildman–Crippen MR) is 60.1 cm³/mol. The number of nitrogens with zero attached hydrogens (tertiary/aromatic N) is 1. The fraction of sp³-hybridized carbons (Fsp3) is 0. The van der Waals surface area contributed by atoms with Crippen molar-refractivity contribution in [1.29, 1.82) is 0 Å². The van der Waals surface area contributed by atoms with E-state index in [4.69, 9.17) is 11.6 Å². The van der Waals surface area contributed by atoms with Crippen LogP contribution in [0.25, 0.3) is 11.3 Å². The van der Waals surface area contributed by atoms with Crippen molar-refractivity contribution < 1.29 is 4.79 Å². The molecule has 0 saturated heterocycles. The minimum atomic E-state index is 0.402. The van der Waals surface area contributed by atoms with Crippen LogP contribution in [0.1, 0.15) is 10.4 Å². The molecule has 2 nitrogen and oxygen atoms in total. The van der Waals surface area contributed by atoms with Crippen molar-refractivity contribution in [2.75, 3.05) is 0 Å². The summed E-state index contributed by atoms with van der Waals surface area (Å²) in [5.74, 6) is 0. The smallest absolute Gasteiger partial charge is 0.151 e. The predicted octanol–water partition coefficient (Wildman–Crippen LogP) is 3.21. The van der Waals surface area contributed by atoms with E-state index in [1.807, 2.05) is 30.3 Å². The summed E-state index contributed by atoms with van der Waals surface area (Å²) in [6.07, 6.45) is 2.31. The molecule has 1 heterocycles. The van der Waals surface area contributed by atoms with E-state index in [0.29, 0.717) is 16.3 Å². The van der Waals surface area contributed by atoms with Gasteiger partial charge in [0.1, 0.15) is 0 Å². The van der Waals surface area contributed by atoms with E-state index in [2.05, 4.69) is 4.98 Å². The number of rotatable bonds is 2. The number of benzene rings is 1. The van der Waals surface area contributed by atoms with E-state index in [-0.39, 0.29) is 0 Å². The third kappa shape index (κ3) is 1.90. The van der Waals surface area contributed by atoms with E-state index in [9.17, 15) is 4.79 Å². The Morgan fingerprint density at radius 2 is 1.87 bits per heavy atom. The number of aldehydes is 1. The summed E-state index contributed by atoms with van der Waals surface area (Å²) in [6.45, 7) is 0. The molecule has 0 unspecified atom stereocenters. The minimum absolute atomic E-state index is 0.402. The molecule has 1 aromatic heterocycles. The summed E-state index contributed by atoms with van der Waals surface area (Å²) in [5.41, 5.74) is 2.01. The Morgan fingerprint density at radius 3 is 2.53 bits per heavy atom. The van der Waals surface area contributed by atoms with E-state index >= 15 is 0 Å². The average Bonchev–Trinajstić information content (AvgIpc) is 2.30. The number of carbonyl (C=O) groups excluding carboxylic acids is 1. The molecule has 0 bridgehead atoms. The lowest BCUT2D eigenvalue weighted by Gasteiger charge is -2.04.